The molecule has 0 saturated carbocycles. The Bertz CT molecular complexity index is 3200. The van der Waals surface area contributed by atoms with Gasteiger partial charge in [-0.15, -0.1) is 12.1 Å². The van der Waals surface area contributed by atoms with Crippen molar-refractivity contribution >= 4 is 114 Å². The summed E-state index contributed by atoms with van der Waals surface area (Å²) in [6, 6.07) is 76.3. The van der Waals surface area contributed by atoms with Crippen LogP contribution in [0.25, 0.3) is 44.1 Å². The fourth-order valence-electron chi connectivity index (χ4n) is 9.21. The van der Waals surface area contributed by atoms with Crippen LogP contribution in [0.4, 0.5) is 0 Å². The van der Waals surface area contributed by atoms with Crippen LogP contribution < -0.4 is 42.4 Å². The summed E-state index contributed by atoms with van der Waals surface area (Å²) < 4.78 is 27.0. The minimum absolute atomic E-state index is 0.0550. The number of nitrogens with one attached hydrogen (secondary N) is 2. The molecule has 10 aromatic rings. The molecule has 2 atom stereocenters. The van der Waals surface area contributed by atoms with Crippen molar-refractivity contribution in [3.63, 3.8) is 0 Å². The van der Waals surface area contributed by atoms with Gasteiger partial charge in [-0.25, -0.2) is 0 Å². The molecule has 6 N–H and O–H groups in total. The van der Waals surface area contributed by atoms with E-state index in [2.05, 4.69) is 48.5 Å². The third kappa shape index (κ3) is 12.8. The Morgan fingerprint density at radius 3 is 0.836 bits per heavy atom. The maximum atomic E-state index is 13.5. The smallest absolute Gasteiger partial charge is 0.0606 e. The van der Waals surface area contributed by atoms with E-state index in [0.29, 0.717) is 21.5 Å². The topological polar surface area (TPSA) is 163 Å². The van der Waals surface area contributed by atoms with Crippen LogP contribution in [0.2, 0.25) is 0 Å². The zero-order chi connectivity index (χ0) is 51.5. The first kappa shape index (κ1) is 54.3. The SMILES string of the molecule is O=P(O)(O)c1cc([PH+](c2ccccc2)c2ccccc2)c(-c2c([PH+](c3ccccc3)c3ccccc3)cc(P(=O)(O)O)c3ccccc23)c2ccccc12.[Cl][Ru+2][Cl].[NH-]C(c1ccccc1)[C@H]([NH-])c1ccccc1. The Labute approximate surface area is 443 Å². The number of hydrogen-bond acceptors (Lipinski definition) is 2. The van der Waals surface area contributed by atoms with Crippen LogP contribution in [-0.4, -0.2) is 19.6 Å². The summed E-state index contributed by atoms with van der Waals surface area (Å²) in [6.07, 6.45) is 0. The molecule has 0 saturated heterocycles. The quantitative estimate of drug-likeness (QED) is 0.0703. The number of benzene rings is 10. The fraction of sp³-hybridized carbons (Fsp3) is 0.0345. The predicted octanol–water partition coefficient (Wildman–Crippen LogP) is 12.2. The summed E-state index contributed by atoms with van der Waals surface area (Å²) in [6.45, 7) is 0. The second-order valence-electron chi connectivity index (χ2n) is 16.9. The third-order valence-corrected chi connectivity index (χ3v) is 19.9. The molecule has 0 bridgehead atoms. The molecular formula is C58H50Cl2N2O6P4Ru+2. The molecule has 368 valence electrons. The van der Waals surface area contributed by atoms with Crippen molar-refractivity contribution in [2.45, 2.75) is 12.1 Å². The Balaban J connectivity index is 0.000000314. The molecular weight excluding hydrogens is 1120 g/mol. The monoisotopic (exact) mass is 1170 g/mol. The van der Waals surface area contributed by atoms with E-state index in [-0.39, 0.29) is 25.8 Å². The van der Waals surface area contributed by atoms with E-state index in [1.54, 1.807) is 36.4 Å². The molecule has 73 heavy (non-hydrogen) atoms. The molecule has 0 aliphatic rings. The van der Waals surface area contributed by atoms with Crippen molar-refractivity contribution in [2.75, 3.05) is 0 Å². The summed E-state index contributed by atoms with van der Waals surface area (Å²) in [5.41, 5.74) is 19.5. The van der Waals surface area contributed by atoms with Crippen molar-refractivity contribution in [3.05, 3.63) is 265 Å². The van der Waals surface area contributed by atoms with Crippen molar-refractivity contribution in [2.24, 2.45) is 0 Å². The van der Waals surface area contributed by atoms with Gasteiger partial charge in [-0.05, 0) is 82.2 Å². The Kier molecular flexibility index (Phi) is 18.6. The van der Waals surface area contributed by atoms with Crippen LogP contribution >= 0.6 is 50.4 Å². The largest absolute Gasteiger partial charge is 0.672 e. The number of fused-ring (bicyclic) bond motifs is 2. The number of hydrogen-bond donors (Lipinski definition) is 4. The summed E-state index contributed by atoms with van der Waals surface area (Å²) in [4.78, 5) is 43.9. The van der Waals surface area contributed by atoms with E-state index in [9.17, 15) is 28.7 Å². The predicted molar refractivity (Wildman–Crippen MR) is 309 cm³/mol. The van der Waals surface area contributed by atoms with E-state index in [0.717, 1.165) is 54.1 Å². The van der Waals surface area contributed by atoms with Gasteiger partial charge in [0, 0.05) is 11.1 Å². The van der Waals surface area contributed by atoms with E-state index in [4.69, 9.17) is 30.8 Å². The molecule has 1 unspecified atom stereocenters. The molecule has 0 fully saturated rings. The van der Waals surface area contributed by atoms with Gasteiger partial charge in [0.25, 0.3) is 0 Å². The van der Waals surface area contributed by atoms with Crippen LogP contribution in [-0.2, 0) is 24.3 Å². The fourth-order valence-corrected chi connectivity index (χ4v) is 16.7. The molecule has 8 nitrogen and oxygen atoms in total. The van der Waals surface area contributed by atoms with Gasteiger partial charge in [-0.1, -0.05) is 193 Å². The van der Waals surface area contributed by atoms with Gasteiger partial charge in [0.15, 0.2) is 0 Å². The maximum Gasteiger partial charge on any atom is -0.0606 e. The molecule has 0 amide bonds. The standard InChI is InChI=1S/C44H34O6P4.C14H14N2.2ClH.Ru/c45-53(46,47)41-29-39(51(31-17-5-1-6-18-31)32-19-7-2-8-20-32)43(37-27-15-13-25-35(37)41)44-38-28-16-14-26-36(38)42(54(48,49)50)30-40(44)52(33-21-9-3-10-22-33)34-23-11-4-12-24-34;15-13(11-7-3-1-4-8-11)14(16)12-9-5-2-6-10-12;;;/h1-30H,(H2,45,46,47)(H2,48,49,50);1-10,13-16H;2*1H;/q;-2;;;+4/t;13-,14?;;;/m.1.../s1. The summed E-state index contributed by atoms with van der Waals surface area (Å²) in [5, 5.41) is 7.69. The van der Waals surface area contributed by atoms with Crippen LogP contribution in [0.5, 0.6) is 0 Å². The van der Waals surface area contributed by atoms with E-state index < -0.39 is 43.1 Å². The molecule has 0 heterocycles. The summed E-state index contributed by atoms with van der Waals surface area (Å²) in [5.74, 6) is 0. The Morgan fingerprint density at radius 1 is 0.370 bits per heavy atom. The second-order valence-corrected chi connectivity index (χ2v) is 27.5. The minimum Gasteiger partial charge on any atom is -0.672 e. The van der Waals surface area contributed by atoms with Gasteiger partial charge >= 0.3 is 49.7 Å². The number of halogens is 2. The number of rotatable bonds is 12. The summed E-state index contributed by atoms with van der Waals surface area (Å²) >= 11 is -0.346. The van der Waals surface area contributed by atoms with Crippen molar-refractivity contribution in [3.8, 4) is 11.1 Å². The first-order valence-electron chi connectivity index (χ1n) is 22.9. The molecule has 0 radical (unpaired) electrons. The molecule has 10 aromatic carbocycles. The van der Waals surface area contributed by atoms with E-state index >= 15 is 0 Å². The van der Waals surface area contributed by atoms with E-state index in [1.807, 2.05) is 158 Å². The van der Waals surface area contributed by atoms with Crippen molar-refractivity contribution < 1.29 is 43.8 Å². The van der Waals surface area contributed by atoms with Gasteiger partial charge in [0.1, 0.15) is 31.8 Å². The Morgan fingerprint density at radius 2 is 0.589 bits per heavy atom. The van der Waals surface area contributed by atoms with Gasteiger partial charge in [0.05, 0.1) is 26.5 Å². The van der Waals surface area contributed by atoms with Crippen LogP contribution in [0, 0.1) is 0 Å². The van der Waals surface area contributed by atoms with Crippen molar-refractivity contribution in [1.29, 1.82) is 0 Å². The minimum atomic E-state index is -4.81. The zero-order valence-corrected chi connectivity index (χ0v) is 45.9. The molecule has 0 aliphatic heterocycles. The van der Waals surface area contributed by atoms with Gasteiger partial charge in [0.2, 0.25) is 0 Å². The van der Waals surface area contributed by atoms with Crippen LogP contribution in [0.3, 0.4) is 0 Å². The van der Waals surface area contributed by atoms with Gasteiger partial charge in [-0.3, -0.25) is 9.13 Å². The third-order valence-electron chi connectivity index (χ3n) is 12.4. The van der Waals surface area contributed by atoms with Crippen LogP contribution in [0.15, 0.2) is 243 Å². The second kappa shape index (κ2) is 25.0. The molecule has 0 spiro atoms. The van der Waals surface area contributed by atoms with Gasteiger partial charge < -0.3 is 31.0 Å². The molecule has 0 aliphatic carbocycles. The van der Waals surface area contributed by atoms with Crippen molar-refractivity contribution in [1.82, 2.24) is 0 Å². The first-order chi connectivity index (χ1) is 35.3. The molecule has 15 heteroatoms. The zero-order valence-electron chi connectivity index (χ0n) is 38.9. The first-order valence-corrected chi connectivity index (χ1v) is 33.6. The Hall–Kier alpha value is -5.00. The normalized spacial score (nSPS) is 12.4. The average molecular weight is 1170 g/mol. The molecule has 0 aromatic heterocycles. The van der Waals surface area contributed by atoms with Crippen LogP contribution in [0.1, 0.15) is 23.2 Å². The van der Waals surface area contributed by atoms with Gasteiger partial charge in [-0.2, -0.15) is 0 Å². The maximum absolute atomic E-state index is 13.5. The molecule has 10 rings (SSSR count). The van der Waals surface area contributed by atoms with E-state index in [1.165, 1.54) is 0 Å². The average Bonchev–Trinajstić information content (AvgIpc) is 3.42. The summed E-state index contributed by atoms with van der Waals surface area (Å²) in [7, 11) is -3.89.